The molecule has 1 nitrogen and oxygen atoms in total. The molecule has 0 heterocycles. The summed E-state index contributed by atoms with van der Waals surface area (Å²) in [4.78, 5) is 0. The summed E-state index contributed by atoms with van der Waals surface area (Å²) in [6, 6.07) is 2.07. The average molecular weight is 175 g/mol. The van der Waals surface area contributed by atoms with E-state index in [2.05, 4.69) is 32.9 Å². The minimum Gasteiger partial charge on any atom is -0.193 e. The van der Waals surface area contributed by atoms with E-state index in [-0.39, 0.29) is 0 Å². The molecule has 0 saturated carbocycles. The second-order valence-electron chi connectivity index (χ2n) is 4.44. The van der Waals surface area contributed by atoms with Crippen molar-refractivity contribution in [2.45, 2.75) is 33.6 Å². The van der Waals surface area contributed by atoms with Gasteiger partial charge in [0.05, 0.1) is 6.07 Å². The van der Waals surface area contributed by atoms with E-state index in [0.717, 1.165) is 0 Å². The molecule has 1 heteroatoms. The van der Waals surface area contributed by atoms with Gasteiger partial charge in [-0.15, -0.1) is 0 Å². The van der Waals surface area contributed by atoms with Crippen molar-refractivity contribution in [3.8, 4) is 6.07 Å². The zero-order valence-corrected chi connectivity index (χ0v) is 8.67. The van der Waals surface area contributed by atoms with Crippen molar-refractivity contribution in [2.24, 2.45) is 11.3 Å². The fourth-order valence-corrected chi connectivity index (χ4v) is 2.12. The van der Waals surface area contributed by atoms with Crippen molar-refractivity contribution in [2.75, 3.05) is 0 Å². The van der Waals surface area contributed by atoms with Crippen LogP contribution in [-0.4, -0.2) is 0 Å². The van der Waals surface area contributed by atoms with E-state index in [0.29, 0.717) is 11.3 Å². The fraction of sp³-hybridized carbons (Fsp3) is 0.583. The van der Waals surface area contributed by atoms with Gasteiger partial charge >= 0.3 is 0 Å². The third-order valence-electron chi connectivity index (χ3n) is 2.95. The lowest BCUT2D eigenvalue weighted by Gasteiger charge is -2.36. The second kappa shape index (κ2) is 3.79. The number of hydrogen-bond acceptors (Lipinski definition) is 1. The van der Waals surface area contributed by atoms with Gasteiger partial charge in [-0.3, -0.25) is 0 Å². The van der Waals surface area contributed by atoms with Gasteiger partial charge in [0.15, 0.2) is 0 Å². The molecule has 0 aromatic heterocycles. The molecule has 1 rings (SSSR count). The van der Waals surface area contributed by atoms with Crippen molar-refractivity contribution in [1.29, 1.82) is 5.26 Å². The van der Waals surface area contributed by atoms with Gasteiger partial charge in [0.1, 0.15) is 0 Å². The van der Waals surface area contributed by atoms with Crippen LogP contribution < -0.4 is 0 Å². The van der Waals surface area contributed by atoms with Crippen LogP contribution >= 0.6 is 0 Å². The Bertz CT molecular complexity index is 276. The van der Waals surface area contributed by atoms with Crippen LogP contribution in [0.4, 0.5) is 0 Å². The first-order valence-electron chi connectivity index (χ1n) is 4.81. The molecule has 1 aliphatic rings. The first-order chi connectivity index (χ1) is 6.08. The fourth-order valence-electron chi connectivity index (χ4n) is 2.12. The molecule has 0 saturated heterocycles. The van der Waals surface area contributed by atoms with Gasteiger partial charge in [-0.2, -0.15) is 5.26 Å². The Balaban J connectivity index is 2.89. The van der Waals surface area contributed by atoms with Crippen LogP contribution in [0.2, 0.25) is 0 Å². The normalized spacial score (nSPS) is 26.9. The van der Waals surface area contributed by atoms with Crippen LogP contribution in [0.3, 0.4) is 0 Å². The highest BCUT2D eigenvalue weighted by atomic mass is 14.3. The van der Waals surface area contributed by atoms with Crippen molar-refractivity contribution < 1.29 is 0 Å². The highest BCUT2D eigenvalue weighted by Crippen LogP contribution is 2.41. The molecule has 0 aromatic carbocycles. The average Bonchev–Trinajstić information content (AvgIpc) is 2.02. The van der Waals surface area contributed by atoms with E-state index < -0.39 is 0 Å². The largest absolute Gasteiger partial charge is 0.193 e. The molecule has 1 aliphatic carbocycles. The summed E-state index contributed by atoms with van der Waals surface area (Å²) in [5.41, 5.74) is 1.72. The van der Waals surface area contributed by atoms with Gasteiger partial charge in [-0.25, -0.2) is 0 Å². The molecule has 0 fully saturated rings. The Kier molecular flexibility index (Phi) is 2.93. The Hall–Kier alpha value is -1.03. The Morgan fingerprint density at radius 2 is 2.31 bits per heavy atom. The Morgan fingerprint density at radius 3 is 2.85 bits per heavy atom. The minimum absolute atomic E-state index is 0.312. The molecule has 0 aliphatic heterocycles. The maximum atomic E-state index is 8.50. The SMILES string of the molecule is CC1=CCCC(C)(C)[C@@H]1/C=C/C#N. The number of allylic oxidation sites excluding steroid dienone is 4. The van der Waals surface area contributed by atoms with Crippen LogP contribution in [-0.2, 0) is 0 Å². The number of rotatable bonds is 1. The summed E-state index contributed by atoms with van der Waals surface area (Å²) in [5, 5.41) is 8.50. The van der Waals surface area contributed by atoms with Gasteiger partial charge in [0.25, 0.3) is 0 Å². The Morgan fingerprint density at radius 1 is 1.62 bits per heavy atom. The molecule has 0 aromatic rings. The van der Waals surface area contributed by atoms with Crippen LogP contribution in [0, 0.1) is 22.7 Å². The molecule has 0 amide bonds. The number of nitriles is 1. The summed E-state index contributed by atoms with van der Waals surface area (Å²) in [7, 11) is 0. The van der Waals surface area contributed by atoms with E-state index in [9.17, 15) is 0 Å². The predicted octanol–water partition coefficient (Wildman–Crippen LogP) is 3.45. The maximum Gasteiger partial charge on any atom is 0.0908 e. The summed E-state index contributed by atoms with van der Waals surface area (Å²) in [6.45, 7) is 6.71. The van der Waals surface area contributed by atoms with E-state index >= 15 is 0 Å². The molecule has 13 heavy (non-hydrogen) atoms. The molecule has 70 valence electrons. The van der Waals surface area contributed by atoms with E-state index in [1.807, 2.05) is 6.08 Å². The lowest BCUT2D eigenvalue weighted by atomic mass is 9.68. The van der Waals surface area contributed by atoms with Gasteiger partial charge < -0.3 is 0 Å². The highest BCUT2D eigenvalue weighted by molar-refractivity contribution is 5.21. The van der Waals surface area contributed by atoms with Crippen molar-refractivity contribution in [3.63, 3.8) is 0 Å². The monoisotopic (exact) mass is 175 g/mol. The van der Waals surface area contributed by atoms with Gasteiger partial charge in [0.2, 0.25) is 0 Å². The first kappa shape index (κ1) is 10.1. The molecule has 0 unspecified atom stereocenters. The lowest BCUT2D eigenvalue weighted by molar-refractivity contribution is 0.255. The first-order valence-corrected chi connectivity index (χ1v) is 4.81. The van der Waals surface area contributed by atoms with Gasteiger partial charge in [0, 0.05) is 12.0 Å². The highest BCUT2D eigenvalue weighted by Gasteiger charge is 2.30. The van der Waals surface area contributed by atoms with E-state index in [1.165, 1.54) is 18.4 Å². The second-order valence-corrected chi connectivity index (χ2v) is 4.44. The van der Waals surface area contributed by atoms with Crippen LogP contribution in [0.5, 0.6) is 0 Å². The third kappa shape index (κ3) is 2.21. The minimum atomic E-state index is 0.312. The lowest BCUT2D eigenvalue weighted by Crippen LogP contribution is -2.26. The predicted molar refractivity (Wildman–Crippen MR) is 55.0 cm³/mol. The summed E-state index contributed by atoms with van der Waals surface area (Å²) >= 11 is 0. The summed E-state index contributed by atoms with van der Waals surface area (Å²) in [5.74, 6) is 0.445. The third-order valence-corrected chi connectivity index (χ3v) is 2.95. The topological polar surface area (TPSA) is 23.8 Å². The zero-order valence-electron chi connectivity index (χ0n) is 8.67. The zero-order chi connectivity index (χ0) is 9.90. The molecule has 0 spiro atoms. The van der Waals surface area contributed by atoms with E-state index in [1.54, 1.807) is 6.08 Å². The maximum absolute atomic E-state index is 8.50. The summed E-state index contributed by atoms with van der Waals surface area (Å²) in [6.07, 6.45) is 8.32. The quantitative estimate of drug-likeness (QED) is 0.442. The molecule has 0 radical (unpaired) electrons. The smallest absolute Gasteiger partial charge is 0.0908 e. The van der Waals surface area contributed by atoms with Gasteiger partial charge in [-0.05, 0) is 25.2 Å². The van der Waals surface area contributed by atoms with Crippen molar-refractivity contribution in [1.82, 2.24) is 0 Å². The number of hydrogen-bond donors (Lipinski definition) is 0. The molecular weight excluding hydrogens is 158 g/mol. The molecular formula is C12H17N. The molecule has 0 N–H and O–H groups in total. The standard InChI is InChI=1S/C12H17N/c1-10-6-4-8-12(2,3)11(10)7-5-9-13/h5-7,11H,4,8H2,1-3H3/b7-5+/t11-/m1/s1. The summed E-state index contributed by atoms with van der Waals surface area (Å²) < 4.78 is 0. The van der Waals surface area contributed by atoms with Crippen molar-refractivity contribution in [3.05, 3.63) is 23.8 Å². The number of nitrogens with zero attached hydrogens (tertiary/aromatic N) is 1. The molecule has 0 bridgehead atoms. The molecule has 1 atom stereocenters. The van der Waals surface area contributed by atoms with Gasteiger partial charge in [-0.1, -0.05) is 31.6 Å². The van der Waals surface area contributed by atoms with Crippen LogP contribution in [0.25, 0.3) is 0 Å². The van der Waals surface area contributed by atoms with E-state index in [4.69, 9.17) is 5.26 Å². The van der Waals surface area contributed by atoms with Crippen molar-refractivity contribution >= 4 is 0 Å². The van der Waals surface area contributed by atoms with Crippen LogP contribution in [0.1, 0.15) is 33.6 Å². The Labute approximate surface area is 80.8 Å². The van der Waals surface area contributed by atoms with Crippen LogP contribution in [0.15, 0.2) is 23.8 Å².